The maximum absolute atomic E-state index is 12.1. The number of hydrogen-bond donors (Lipinski definition) is 1. The van der Waals surface area contributed by atoms with E-state index in [0.29, 0.717) is 10.2 Å². The number of hydrogen-bond acceptors (Lipinski definition) is 5. The van der Waals surface area contributed by atoms with E-state index in [1.807, 2.05) is 0 Å². The largest absolute Gasteiger partial charge is 0.496 e. The van der Waals surface area contributed by atoms with Crippen LogP contribution in [0.4, 0.5) is 0 Å². The summed E-state index contributed by atoms with van der Waals surface area (Å²) in [6.45, 7) is 0.468. The average molecular weight is 354 g/mol. The molecular weight excluding hydrogens is 338 g/mol. The Hall–Kier alpha value is -0.830. The van der Waals surface area contributed by atoms with E-state index in [9.17, 15) is 8.42 Å². The molecule has 0 saturated carbocycles. The average Bonchev–Trinajstić information content (AvgIpc) is 2.38. The summed E-state index contributed by atoms with van der Waals surface area (Å²) in [5, 5.41) is 0. The zero-order valence-electron chi connectivity index (χ0n) is 10.9. The highest BCUT2D eigenvalue weighted by molar-refractivity contribution is 9.10. The molecule has 0 saturated heterocycles. The Bertz CT molecular complexity index is 532. The molecule has 0 bridgehead atoms. The Morgan fingerprint density at radius 1 is 1.16 bits per heavy atom. The molecule has 0 unspecified atom stereocenters. The maximum atomic E-state index is 12.1. The molecule has 1 aromatic rings. The van der Waals surface area contributed by atoms with Crippen LogP contribution in [0, 0.1) is 0 Å². The van der Waals surface area contributed by atoms with Gasteiger partial charge in [0, 0.05) is 19.7 Å². The number of methoxy groups -OCH3 is 3. The molecule has 0 aliphatic rings. The van der Waals surface area contributed by atoms with Crippen molar-refractivity contribution in [2.24, 2.45) is 0 Å². The zero-order chi connectivity index (χ0) is 14.5. The topological polar surface area (TPSA) is 73.9 Å². The van der Waals surface area contributed by atoms with Crippen LogP contribution in [0.25, 0.3) is 0 Å². The molecule has 19 heavy (non-hydrogen) atoms. The first-order valence-corrected chi connectivity index (χ1v) is 7.64. The monoisotopic (exact) mass is 353 g/mol. The van der Waals surface area contributed by atoms with Crippen molar-refractivity contribution in [1.29, 1.82) is 0 Å². The predicted octanol–water partition coefficient (Wildman–Crippen LogP) is 1.39. The third-order valence-corrected chi connectivity index (χ3v) is 4.43. The first-order valence-electron chi connectivity index (χ1n) is 5.36. The summed E-state index contributed by atoms with van der Waals surface area (Å²) in [6.07, 6.45) is 0. The molecule has 0 radical (unpaired) electrons. The molecule has 0 amide bonds. The van der Waals surface area contributed by atoms with Crippen molar-refractivity contribution in [3.8, 4) is 11.5 Å². The van der Waals surface area contributed by atoms with Gasteiger partial charge in [-0.2, -0.15) is 0 Å². The fourth-order valence-corrected chi connectivity index (χ4v) is 3.06. The molecule has 1 aromatic carbocycles. The molecule has 0 fully saturated rings. The lowest BCUT2D eigenvalue weighted by Crippen LogP contribution is -2.27. The molecule has 1 rings (SSSR count). The SMILES string of the molecule is COCCNS(=O)(=O)c1cc(OC)c(Br)cc1OC. The zero-order valence-corrected chi connectivity index (χ0v) is 13.3. The van der Waals surface area contributed by atoms with Gasteiger partial charge in [-0.15, -0.1) is 0 Å². The highest BCUT2D eigenvalue weighted by atomic mass is 79.9. The van der Waals surface area contributed by atoms with Crippen molar-refractivity contribution in [1.82, 2.24) is 4.72 Å². The Labute approximate surface area is 121 Å². The first-order chi connectivity index (χ1) is 8.96. The maximum Gasteiger partial charge on any atom is 0.244 e. The smallest absolute Gasteiger partial charge is 0.244 e. The lowest BCUT2D eigenvalue weighted by Gasteiger charge is -2.13. The van der Waals surface area contributed by atoms with Gasteiger partial charge in [-0.25, -0.2) is 13.1 Å². The number of ether oxygens (including phenoxy) is 3. The minimum Gasteiger partial charge on any atom is -0.496 e. The van der Waals surface area contributed by atoms with Crippen molar-refractivity contribution in [2.45, 2.75) is 4.90 Å². The standard InChI is InChI=1S/C11H16BrNO5S/c1-16-5-4-13-19(14,15)11-7-9(17-2)8(12)6-10(11)18-3/h6-7,13H,4-5H2,1-3H3. The second kappa shape index (κ2) is 7.09. The minimum atomic E-state index is -3.68. The van der Waals surface area contributed by atoms with Gasteiger partial charge in [0.2, 0.25) is 10.0 Å². The van der Waals surface area contributed by atoms with Crippen LogP contribution in [0.5, 0.6) is 11.5 Å². The van der Waals surface area contributed by atoms with E-state index >= 15 is 0 Å². The summed E-state index contributed by atoms with van der Waals surface area (Å²) in [5.41, 5.74) is 0. The van der Waals surface area contributed by atoms with Crippen LogP contribution in [0.15, 0.2) is 21.5 Å². The lowest BCUT2D eigenvalue weighted by molar-refractivity contribution is 0.204. The highest BCUT2D eigenvalue weighted by Crippen LogP contribution is 2.35. The molecule has 0 heterocycles. The van der Waals surface area contributed by atoms with Crippen LogP contribution in [0.3, 0.4) is 0 Å². The highest BCUT2D eigenvalue weighted by Gasteiger charge is 2.21. The Morgan fingerprint density at radius 2 is 1.79 bits per heavy atom. The Balaban J connectivity index is 3.16. The molecule has 1 N–H and O–H groups in total. The second-order valence-corrected chi connectivity index (χ2v) is 6.12. The normalized spacial score (nSPS) is 11.4. The molecule has 0 aromatic heterocycles. The number of benzene rings is 1. The number of sulfonamides is 1. The van der Waals surface area contributed by atoms with Crippen LogP contribution < -0.4 is 14.2 Å². The molecular formula is C11H16BrNO5S. The van der Waals surface area contributed by atoms with E-state index in [1.165, 1.54) is 27.4 Å². The quantitative estimate of drug-likeness (QED) is 0.749. The van der Waals surface area contributed by atoms with Crippen molar-refractivity contribution in [3.63, 3.8) is 0 Å². The van der Waals surface area contributed by atoms with Gasteiger partial charge in [0.15, 0.2) is 0 Å². The molecule has 0 aliphatic carbocycles. The lowest BCUT2D eigenvalue weighted by atomic mass is 10.3. The van der Waals surface area contributed by atoms with Crippen LogP contribution >= 0.6 is 15.9 Å². The van der Waals surface area contributed by atoms with Crippen LogP contribution in [0.1, 0.15) is 0 Å². The van der Waals surface area contributed by atoms with E-state index < -0.39 is 10.0 Å². The van der Waals surface area contributed by atoms with Crippen LogP contribution in [0.2, 0.25) is 0 Å². The third-order valence-electron chi connectivity index (χ3n) is 2.33. The molecule has 0 aliphatic heterocycles. The predicted molar refractivity (Wildman–Crippen MR) is 74.3 cm³/mol. The Morgan fingerprint density at radius 3 is 2.32 bits per heavy atom. The second-order valence-electron chi connectivity index (χ2n) is 3.53. The fourth-order valence-electron chi connectivity index (χ4n) is 1.40. The summed E-state index contributed by atoms with van der Waals surface area (Å²) < 4.78 is 42.3. The summed E-state index contributed by atoms with van der Waals surface area (Å²) in [4.78, 5) is 0.0196. The summed E-state index contributed by atoms with van der Waals surface area (Å²) in [6, 6.07) is 2.95. The van der Waals surface area contributed by atoms with E-state index in [2.05, 4.69) is 20.7 Å². The van der Waals surface area contributed by atoms with Crippen molar-refractivity contribution < 1.29 is 22.6 Å². The van der Waals surface area contributed by atoms with E-state index in [4.69, 9.17) is 14.2 Å². The van der Waals surface area contributed by atoms with Crippen LogP contribution in [-0.4, -0.2) is 42.9 Å². The van der Waals surface area contributed by atoms with Gasteiger partial charge in [0.1, 0.15) is 16.4 Å². The minimum absolute atomic E-state index is 0.0196. The van der Waals surface area contributed by atoms with Gasteiger partial charge in [0.25, 0.3) is 0 Å². The fraction of sp³-hybridized carbons (Fsp3) is 0.455. The van der Waals surface area contributed by atoms with Crippen molar-refractivity contribution in [3.05, 3.63) is 16.6 Å². The third kappa shape index (κ3) is 4.07. The first kappa shape index (κ1) is 16.2. The van der Waals surface area contributed by atoms with Gasteiger partial charge in [-0.05, 0) is 22.0 Å². The summed E-state index contributed by atoms with van der Waals surface area (Å²) in [5.74, 6) is 0.644. The van der Waals surface area contributed by atoms with Gasteiger partial charge >= 0.3 is 0 Å². The van der Waals surface area contributed by atoms with Gasteiger partial charge < -0.3 is 14.2 Å². The molecule has 8 heteroatoms. The van der Waals surface area contributed by atoms with Crippen LogP contribution in [-0.2, 0) is 14.8 Å². The Kier molecular flexibility index (Phi) is 6.05. The molecule has 6 nitrogen and oxygen atoms in total. The van der Waals surface area contributed by atoms with Crippen molar-refractivity contribution in [2.75, 3.05) is 34.5 Å². The molecule has 108 valence electrons. The van der Waals surface area contributed by atoms with E-state index in [-0.39, 0.29) is 23.8 Å². The molecule has 0 spiro atoms. The van der Waals surface area contributed by atoms with E-state index in [1.54, 1.807) is 6.07 Å². The van der Waals surface area contributed by atoms with Crippen molar-refractivity contribution >= 4 is 26.0 Å². The van der Waals surface area contributed by atoms with Gasteiger partial charge in [0.05, 0.1) is 25.3 Å². The van der Waals surface area contributed by atoms with E-state index in [0.717, 1.165) is 0 Å². The summed E-state index contributed by atoms with van der Waals surface area (Å²) in [7, 11) is 0.682. The summed E-state index contributed by atoms with van der Waals surface area (Å²) >= 11 is 3.27. The molecule has 0 atom stereocenters. The van der Waals surface area contributed by atoms with Gasteiger partial charge in [-0.1, -0.05) is 0 Å². The number of nitrogens with one attached hydrogen (secondary N) is 1. The van der Waals surface area contributed by atoms with Gasteiger partial charge in [-0.3, -0.25) is 0 Å². The number of halogens is 1. The number of rotatable bonds is 7.